The lowest BCUT2D eigenvalue weighted by Crippen LogP contribution is -2.64. The van der Waals surface area contributed by atoms with E-state index in [0.29, 0.717) is 37.5 Å². The maximum Gasteiger partial charge on any atom is 0.334 e. The number of carbonyl (C=O) groups excluding carboxylic acids is 3. The second kappa shape index (κ2) is 19.5. The Bertz CT molecular complexity index is 2880. The monoisotopic (exact) mass is 993 g/mol. The van der Waals surface area contributed by atoms with Gasteiger partial charge in [-0.1, -0.05) is 169 Å². The predicted octanol–water partition coefficient (Wildman–Crippen LogP) is 16.4. The van der Waals surface area contributed by atoms with Gasteiger partial charge in [0.1, 0.15) is 5.57 Å². The smallest absolute Gasteiger partial charge is 0.334 e. The van der Waals surface area contributed by atoms with Crippen LogP contribution in [0.2, 0.25) is 0 Å². The van der Waals surface area contributed by atoms with Crippen molar-refractivity contribution in [3.63, 3.8) is 0 Å². The summed E-state index contributed by atoms with van der Waals surface area (Å²) < 4.78 is 0. The van der Waals surface area contributed by atoms with Gasteiger partial charge in [0.15, 0.2) is 0 Å². The highest BCUT2D eigenvalue weighted by Gasteiger charge is 2.53. The van der Waals surface area contributed by atoms with Crippen molar-refractivity contribution in [1.82, 2.24) is 9.80 Å². The van der Waals surface area contributed by atoms with Crippen molar-refractivity contribution < 1.29 is 14.4 Å². The first kappa shape index (κ1) is 51.8. The minimum atomic E-state index is -0.419. The zero-order valence-corrected chi connectivity index (χ0v) is 47.0. The van der Waals surface area contributed by atoms with E-state index in [2.05, 4.69) is 190 Å². The fourth-order valence-electron chi connectivity index (χ4n) is 15.4. The van der Waals surface area contributed by atoms with Gasteiger partial charge in [0, 0.05) is 58.8 Å². The Balaban J connectivity index is 1.19. The number of hydrogen-bond donors (Lipinski definition) is 0. The van der Waals surface area contributed by atoms with Gasteiger partial charge in [0.05, 0.1) is 0 Å². The van der Waals surface area contributed by atoms with E-state index in [1.807, 2.05) is 0 Å². The molecule has 4 aromatic rings. The molecule has 0 spiro atoms. The van der Waals surface area contributed by atoms with Crippen LogP contribution in [0.3, 0.4) is 0 Å². The first-order valence-electron chi connectivity index (χ1n) is 28.6. The minimum absolute atomic E-state index is 0.0625. The highest BCUT2D eigenvalue weighted by atomic mass is 16.2. The fourth-order valence-corrected chi connectivity index (χ4v) is 15.4. The average Bonchev–Trinajstić information content (AvgIpc) is 3.92. The molecule has 0 radical (unpaired) electrons. The number of anilines is 2. The summed E-state index contributed by atoms with van der Waals surface area (Å²) in [5, 5.41) is 5.02. The van der Waals surface area contributed by atoms with Crippen LogP contribution in [0.1, 0.15) is 171 Å². The Morgan fingerprint density at radius 2 is 0.919 bits per heavy atom. The average molecular weight is 993 g/mol. The number of nitrogens with zero attached hydrogens (tertiary/aromatic N) is 4. The third-order valence-corrected chi connectivity index (χ3v) is 18.2. The fraction of sp³-hybridized carbons (Fsp3) is 0.507. The molecule has 74 heavy (non-hydrogen) atoms. The zero-order chi connectivity index (χ0) is 52.6. The zero-order valence-electron chi connectivity index (χ0n) is 47.0. The molecule has 0 aromatic heterocycles. The molecule has 3 aliphatic carbocycles. The van der Waals surface area contributed by atoms with Crippen LogP contribution in [-0.4, -0.2) is 52.8 Å². The van der Waals surface area contributed by atoms with Crippen molar-refractivity contribution in [3.05, 3.63) is 142 Å². The molecule has 7 nitrogen and oxygen atoms in total. The van der Waals surface area contributed by atoms with Crippen LogP contribution >= 0.6 is 0 Å². The molecule has 6 aliphatic rings. The molecular weight excluding hydrogens is 909 g/mol. The summed E-state index contributed by atoms with van der Waals surface area (Å²) in [6.07, 6.45) is 19.7. The molecule has 10 rings (SSSR count). The molecule has 3 heterocycles. The summed E-state index contributed by atoms with van der Waals surface area (Å²) in [5.41, 5.74) is 9.71. The Hall–Kier alpha value is -5.69. The number of amides is 4. The SMILES string of the molecule is CCCCN1C(=CC=C2CCC(=CC=C3N(CCCC)c4ccc5ccccc5c4C3(C)C)C2=C2C(=O)N(C3CC(C)CC(C)(C)C3)C(=O)N(C3CC(C)CC(C)(C)C3)C2=O)C(C)(C)c2c1ccc1ccccc21. The number of urea groups is 1. The van der Waals surface area contributed by atoms with E-state index in [9.17, 15) is 0 Å². The maximum atomic E-state index is 16.0. The summed E-state index contributed by atoms with van der Waals surface area (Å²) in [5.74, 6) is -0.182. The molecule has 1 saturated heterocycles. The Morgan fingerprint density at radius 3 is 1.31 bits per heavy atom. The Labute approximate surface area is 443 Å². The van der Waals surface area contributed by atoms with E-state index in [-0.39, 0.29) is 39.3 Å². The first-order valence-corrected chi connectivity index (χ1v) is 28.6. The summed E-state index contributed by atoms with van der Waals surface area (Å²) in [7, 11) is 0. The summed E-state index contributed by atoms with van der Waals surface area (Å²) in [6.45, 7) is 29.3. The normalized spacial score (nSPS) is 27.5. The third kappa shape index (κ3) is 9.00. The van der Waals surface area contributed by atoms with Gasteiger partial charge in [0.2, 0.25) is 0 Å². The van der Waals surface area contributed by atoms with E-state index in [1.54, 1.807) is 9.80 Å². The van der Waals surface area contributed by atoms with Gasteiger partial charge < -0.3 is 9.80 Å². The van der Waals surface area contributed by atoms with Gasteiger partial charge in [-0.15, -0.1) is 0 Å². The molecule has 3 saturated carbocycles. The third-order valence-electron chi connectivity index (χ3n) is 18.2. The number of hydrogen-bond acceptors (Lipinski definition) is 5. The largest absolute Gasteiger partial charge is 0.344 e. The van der Waals surface area contributed by atoms with E-state index < -0.39 is 17.8 Å². The molecule has 4 unspecified atom stereocenters. The highest BCUT2D eigenvalue weighted by Crippen LogP contribution is 2.54. The van der Waals surface area contributed by atoms with E-state index in [0.717, 1.165) is 81.2 Å². The minimum Gasteiger partial charge on any atom is -0.344 e. The van der Waals surface area contributed by atoms with Crippen molar-refractivity contribution in [1.29, 1.82) is 0 Å². The number of imide groups is 2. The topological polar surface area (TPSA) is 64.2 Å². The number of rotatable bonds is 10. The lowest BCUT2D eigenvalue weighted by molar-refractivity contribution is -0.140. The summed E-state index contributed by atoms with van der Waals surface area (Å²) in [4.78, 5) is 55.6. The Kier molecular flexibility index (Phi) is 13.6. The van der Waals surface area contributed by atoms with E-state index >= 15 is 14.4 Å². The van der Waals surface area contributed by atoms with Crippen LogP contribution in [0.15, 0.2) is 131 Å². The van der Waals surface area contributed by atoms with E-state index in [4.69, 9.17) is 0 Å². The van der Waals surface area contributed by atoms with Crippen LogP contribution in [0, 0.1) is 22.7 Å². The van der Waals surface area contributed by atoms with Crippen LogP contribution in [0.4, 0.5) is 16.2 Å². The van der Waals surface area contributed by atoms with Crippen LogP contribution < -0.4 is 9.80 Å². The van der Waals surface area contributed by atoms with Crippen LogP contribution in [0.5, 0.6) is 0 Å². The molecule has 7 heteroatoms. The molecular formula is C67H84N4O3. The number of benzene rings is 4. The maximum absolute atomic E-state index is 16.0. The van der Waals surface area contributed by atoms with Gasteiger partial charge in [0.25, 0.3) is 11.8 Å². The van der Waals surface area contributed by atoms with Crippen molar-refractivity contribution in [2.24, 2.45) is 22.7 Å². The van der Waals surface area contributed by atoms with Crippen molar-refractivity contribution in [2.75, 3.05) is 22.9 Å². The van der Waals surface area contributed by atoms with Gasteiger partial charge in [-0.3, -0.25) is 19.4 Å². The summed E-state index contributed by atoms with van der Waals surface area (Å²) >= 11 is 0. The lowest BCUT2D eigenvalue weighted by atomic mass is 9.69. The van der Waals surface area contributed by atoms with Gasteiger partial charge in [-0.05, 0) is 161 Å². The van der Waals surface area contributed by atoms with Crippen LogP contribution in [0.25, 0.3) is 21.5 Å². The second-order valence-corrected chi connectivity index (χ2v) is 26.1. The van der Waals surface area contributed by atoms with E-state index in [1.165, 1.54) is 55.4 Å². The standard InChI is InChI=1S/C67H84N4O3/c1-13-15-35-68-53-31-27-45-21-17-19-23-51(45)59(53)66(9,10)55(68)33-29-47-25-26-48(30-34-56-67(11,12)60-52-24-20-18-22-46(52)28-32-54(60)69(56)36-16-14-2)57(47)58-61(72)70(49-37-43(3)39-64(5,6)41-49)63(74)71(62(58)73)50-38-44(4)40-65(7,8)42-50/h17-24,27-34,43-44,49-50H,13-16,25-26,35-42H2,1-12H3. The van der Waals surface area contributed by atoms with Crippen molar-refractivity contribution >= 4 is 50.8 Å². The molecule has 4 fully saturated rings. The van der Waals surface area contributed by atoms with Gasteiger partial charge >= 0.3 is 6.03 Å². The van der Waals surface area contributed by atoms with Crippen molar-refractivity contribution in [2.45, 2.75) is 183 Å². The van der Waals surface area contributed by atoms with Gasteiger partial charge in [-0.2, -0.15) is 0 Å². The van der Waals surface area contributed by atoms with Crippen LogP contribution in [-0.2, 0) is 20.4 Å². The molecule has 0 N–H and O–H groups in total. The number of barbiturate groups is 1. The molecule has 3 aliphatic heterocycles. The predicted molar refractivity (Wildman–Crippen MR) is 307 cm³/mol. The Morgan fingerprint density at radius 1 is 0.514 bits per heavy atom. The molecule has 4 amide bonds. The quantitative estimate of drug-likeness (QED) is 0.117. The van der Waals surface area contributed by atoms with Gasteiger partial charge in [-0.25, -0.2) is 4.79 Å². The molecule has 4 aromatic carbocycles. The number of fused-ring (bicyclic) bond motifs is 6. The second-order valence-electron chi connectivity index (χ2n) is 26.1. The highest BCUT2D eigenvalue weighted by molar-refractivity contribution is 6.30. The molecule has 4 atom stereocenters. The number of carbonyl (C=O) groups is 3. The summed E-state index contributed by atoms with van der Waals surface area (Å²) in [6, 6.07) is 25.6. The first-order chi connectivity index (χ1) is 35.2. The molecule has 390 valence electrons. The lowest BCUT2D eigenvalue weighted by Gasteiger charge is -2.49. The number of unbranched alkanes of at least 4 members (excludes halogenated alkanes) is 2. The van der Waals surface area contributed by atoms with Crippen molar-refractivity contribution in [3.8, 4) is 0 Å². The molecule has 0 bridgehead atoms. The number of allylic oxidation sites excluding steroid dienone is 9.